The maximum atomic E-state index is 12.3. The Morgan fingerprint density at radius 1 is 1.17 bits per heavy atom. The Balaban J connectivity index is 1.35. The van der Waals surface area contributed by atoms with Crippen molar-refractivity contribution >= 4 is 63.8 Å². The molecule has 2 fully saturated rings. The average molecular weight is 470 g/mol. The Bertz CT molecular complexity index is 962. The van der Waals surface area contributed by atoms with Gasteiger partial charge >= 0.3 is 6.09 Å². The van der Waals surface area contributed by atoms with Gasteiger partial charge in [-0.2, -0.15) is 0 Å². The van der Waals surface area contributed by atoms with Crippen molar-refractivity contribution in [2.45, 2.75) is 6.10 Å². The van der Waals surface area contributed by atoms with Gasteiger partial charge in [-0.3, -0.25) is 14.5 Å². The monoisotopic (exact) mass is 469 g/mol. The Morgan fingerprint density at radius 2 is 1.87 bits per heavy atom. The maximum absolute atomic E-state index is 12.3. The minimum absolute atomic E-state index is 0.0669. The van der Waals surface area contributed by atoms with Crippen LogP contribution < -0.4 is 15.1 Å². The van der Waals surface area contributed by atoms with Crippen LogP contribution in [0.5, 0.6) is 0 Å². The second-order valence-electron chi connectivity index (χ2n) is 6.67. The molecule has 1 N–H and O–H groups in total. The number of benzene rings is 1. The van der Waals surface area contributed by atoms with Gasteiger partial charge in [-0.25, -0.2) is 4.79 Å². The van der Waals surface area contributed by atoms with Gasteiger partial charge < -0.3 is 19.7 Å². The number of halogens is 2. The van der Waals surface area contributed by atoms with Gasteiger partial charge in [-0.1, -0.05) is 23.2 Å². The number of amides is 3. The molecule has 3 heterocycles. The van der Waals surface area contributed by atoms with Crippen LogP contribution in [0.2, 0.25) is 9.36 Å². The lowest BCUT2D eigenvalue weighted by Gasteiger charge is -2.27. The zero-order chi connectivity index (χ0) is 21.3. The van der Waals surface area contributed by atoms with Crippen molar-refractivity contribution in [1.29, 1.82) is 0 Å². The molecule has 2 aliphatic rings. The van der Waals surface area contributed by atoms with Gasteiger partial charge in [0.2, 0.25) is 0 Å². The number of thiophene rings is 1. The largest absolute Gasteiger partial charge is 0.442 e. The quantitative estimate of drug-likeness (QED) is 0.726. The summed E-state index contributed by atoms with van der Waals surface area (Å²) in [6.45, 7) is 1.50. The van der Waals surface area contributed by atoms with E-state index in [0.29, 0.717) is 39.6 Å². The van der Waals surface area contributed by atoms with Crippen LogP contribution in [0.4, 0.5) is 16.2 Å². The summed E-state index contributed by atoms with van der Waals surface area (Å²) >= 11 is 12.8. The van der Waals surface area contributed by atoms with E-state index < -0.39 is 12.2 Å². The van der Waals surface area contributed by atoms with E-state index in [1.165, 1.54) is 11.0 Å². The average Bonchev–Trinajstić information content (AvgIpc) is 3.28. The summed E-state index contributed by atoms with van der Waals surface area (Å²) in [5, 5.41) is 3.05. The first-order valence-electron chi connectivity index (χ1n) is 9.11. The van der Waals surface area contributed by atoms with Crippen LogP contribution in [0.3, 0.4) is 0 Å². The summed E-state index contributed by atoms with van der Waals surface area (Å²) in [6, 6.07) is 8.58. The molecule has 1 aromatic heterocycles. The zero-order valence-corrected chi connectivity index (χ0v) is 17.9. The molecule has 0 unspecified atom stereocenters. The molecule has 2 saturated heterocycles. The molecule has 30 heavy (non-hydrogen) atoms. The third kappa shape index (κ3) is 4.39. The summed E-state index contributed by atoms with van der Waals surface area (Å²) in [4.78, 5) is 39.9. The Labute approximate surface area is 186 Å². The highest BCUT2D eigenvalue weighted by atomic mass is 35.5. The van der Waals surface area contributed by atoms with E-state index in [2.05, 4.69) is 5.32 Å². The van der Waals surface area contributed by atoms with Crippen molar-refractivity contribution in [3.8, 4) is 0 Å². The number of carbonyl (C=O) groups is 3. The first-order valence-corrected chi connectivity index (χ1v) is 10.7. The standard InChI is InChI=1S/C19H17Cl2N3O5S/c20-14-7-15(30-17(14)21)18(26)22-8-13-9-24(19(27)29-13)12-3-1-11(2-4-12)23-5-6-28-10-16(23)25/h1-4,7,13H,5-6,8-10H2,(H,22,26)/t13-/m1/s1. The van der Waals surface area contributed by atoms with Gasteiger partial charge in [-0.15, -0.1) is 11.3 Å². The molecule has 2 aromatic rings. The minimum Gasteiger partial charge on any atom is -0.442 e. The van der Waals surface area contributed by atoms with E-state index in [9.17, 15) is 14.4 Å². The van der Waals surface area contributed by atoms with E-state index in [0.717, 1.165) is 17.0 Å². The summed E-state index contributed by atoms with van der Waals surface area (Å²) in [6.07, 6.45) is -0.987. The predicted molar refractivity (Wildman–Crippen MR) is 114 cm³/mol. The SMILES string of the molecule is O=C(NC[C@@H]1CN(c2ccc(N3CCOCC3=O)cc2)C(=O)O1)c1cc(Cl)c(Cl)s1. The number of ether oxygens (including phenoxy) is 2. The minimum atomic E-state index is -0.494. The van der Waals surface area contributed by atoms with Gasteiger partial charge in [0.15, 0.2) is 0 Å². The molecule has 4 rings (SSSR count). The zero-order valence-electron chi connectivity index (χ0n) is 15.6. The van der Waals surface area contributed by atoms with Crippen LogP contribution in [0.15, 0.2) is 30.3 Å². The third-order valence-corrected chi connectivity index (χ3v) is 6.56. The third-order valence-electron chi connectivity index (χ3n) is 4.69. The highest BCUT2D eigenvalue weighted by Crippen LogP contribution is 2.31. The summed E-state index contributed by atoms with van der Waals surface area (Å²) in [7, 11) is 0. The van der Waals surface area contributed by atoms with Gasteiger partial charge in [0.1, 0.15) is 17.0 Å². The van der Waals surface area contributed by atoms with Crippen molar-refractivity contribution in [3.63, 3.8) is 0 Å². The second kappa shape index (κ2) is 8.81. The molecule has 8 nitrogen and oxygen atoms in total. The predicted octanol–water partition coefficient (Wildman–Crippen LogP) is 3.17. The van der Waals surface area contributed by atoms with E-state index >= 15 is 0 Å². The smallest absolute Gasteiger partial charge is 0.414 e. The normalized spacial score (nSPS) is 19.2. The number of cyclic esters (lactones) is 1. The second-order valence-corrected chi connectivity index (χ2v) is 8.73. The lowest BCUT2D eigenvalue weighted by atomic mass is 10.2. The summed E-state index contributed by atoms with van der Waals surface area (Å²) < 4.78 is 10.8. The first kappa shape index (κ1) is 20.9. The number of nitrogens with zero attached hydrogens (tertiary/aromatic N) is 2. The molecule has 2 aliphatic heterocycles. The van der Waals surface area contributed by atoms with Crippen molar-refractivity contribution in [2.75, 3.05) is 42.6 Å². The number of carbonyl (C=O) groups excluding carboxylic acids is 3. The van der Waals surface area contributed by atoms with Crippen LogP contribution in [0, 0.1) is 0 Å². The fraction of sp³-hybridized carbons (Fsp3) is 0.316. The maximum Gasteiger partial charge on any atom is 0.414 e. The van der Waals surface area contributed by atoms with Crippen molar-refractivity contribution in [3.05, 3.63) is 44.6 Å². The first-order chi connectivity index (χ1) is 14.4. The molecule has 3 amide bonds. The molecule has 0 saturated carbocycles. The number of morpholine rings is 1. The summed E-state index contributed by atoms with van der Waals surface area (Å²) in [5.74, 6) is -0.429. The molecule has 1 atom stereocenters. The molecule has 0 aliphatic carbocycles. The summed E-state index contributed by atoms with van der Waals surface area (Å²) in [5.41, 5.74) is 1.40. The van der Waals surface area contributed by atoms with Crippen LogP contribution >= 0.6 is 34.5 Å². The van der Waals surface area contributed by atoms with E-state index in [1.807, 2.05) is 0 Å². The molecule has 158 valence electrons. The lowest BCUT2D eigenvalue weighted by molar-refractivity contribution is -0.125. The lowest BCUT2D eigenvalue weighted by Crippen LogP contribution is -2.41. The van der Waals surface area contributed by atoms with Crippen molar-refractivity contribution in [2.24, 2.45) is 0 Å². The Morgan fingerprint density at radius 3 is 2.50 bits per heavy atom. The molecule has 11 heteroatoms. The Kier molecular flexibility index (Phi) is 6.14. The van der Waals surface area contributed by atoms with Crippen LogP contribution in [-0.2, 0) is 14.3 Å². The van der Waals surface area contributed by atoms with Crippen molar-refractivity contribution in [1.82, 2.24) is 5.32 Å². The molecule has 0 radical (unpaired) electrons. The molecule has 1 aromatic carbocycles. The number of nitrogens with one attached hydrogen (secondary N) is 1. The molecular formula is C19H17Cl2N3O5S. The number of hydrogen-bond donors (Lipinski definition) is 1. The number of anilines is 2. The van der Waals surface area contributed by atoms with Gasteiger partial charge in [0.05, 0.1) is 29.6 Å². The van der Waals surface area contributed by atoms with E-state index in [-0.39, 0.29) is 25.0 Å². The fourth-order valence-electron chi connectivity index (χ4n) is 3.19. The number of rotatable bonds is 5. The van der Waals surface area contributed by atoms with E-state index in [4.69, 9.17) is 32.7 Å². The van der Waals surface area contributed by atoms with Gasteiger partial charge in [-0.05, 0) is 30.3 Å². The Hall–Kier alpha value is -2.33. The van der Waals surface area contributed by atoms with Gasteiger partial charge in [0.25, 0.3) is 11.8 Å². The fourth-order valence-corrected chi connectivity index (χ4v) is 4.48. The number of hydrogen-bond acceptors (Lipinski definition) is 6. The van der Waals surface area contributed by atoms with Crippen molar-refractivity contribution < 1.29 is 23.9 Å². The van der Waals surface area contributed by atoms with Crippen LogP contribution in [-0.4, -0.2) is 56.9 Å². The van der Waals surface area contributed by atoms with E-state index in [1.54, 1.807) is 29.2 Å². The van der Waals surface area contributed by atoms with Crippen LogP contribution in [0.25, 0.3) is 0 Å². The molecular weight excluding hydrogens is 453 g/mol. The highest BCUT2D eigenvalue weighted by Gasteiger charge is 2.33. The molecule has 0 spiro atoms. The molecule has 0 bridgehead atoms. The topological polar surface area (TPSA) is 88.2 Å². The highest BCUT2D eigenvalue weighted by molar-refractivity contribution is 7.18. The van der Waals surface area contributed by atoms with Crippen LogP contribution in [0.1, 0.15) is 9.67 Å². The van der Waals surface area contributed by atoms with Gasteiger partial charge in [0, 0.05) is 17.9 Å².